The van der Waals surface area contributed by atoms with Crippen molar-refractivity contribution in [3.63, 3.8) is 0 Å². The van der Waals surface area contributed by atoms with Gasteiger partial charge in [-0.3, -0.25) is 9.59 Å². The van der Waals surface area contributed by atoms with E-state index in [0.29, 0.717) is 33.6 Å². The number of amides is 1. The number of carboxylic acid groups (broad SMARTS) is 1. The first-order valence-electron chi connectivity index (χ1n) is 7.34. The summed E-state index contributed by atoms with van der Waals surface area (Å²) >= 11 is 13.3. The van der Waals surface area contributed by atoms with E-state index in [9.17, 15) is 9.59 Å². The standard InChI is InChI=1S/C16H14Cl2N2O3S/c17-11-2-1-8(12(18)6-11)5-14(21)20-16-19-7-13(24-16)9-3-10(4-9)15(22)23/h1-2,6-7,9-10H,3-5H2,(H,22,23)(H,19,20,21). The lowest BCUT2D eigenvalue weighted by Gasteiger charge is -2.30. The van der Waals surface area contributed by atoms with Crippen LogP contribution in [0.15, 0.2) is 24.4 Å². The minimum Gasteiger partial charge on any atom is -0.481 e. The molecule has 5 nitrogen and oxygen atoms in total. The average molecular weight is 385 g/mol. The highest BCUT2D eigenvalue weighted by atomic mass is 35.5. The second kappa shape index (κ2) is 7.09. The van der Waals surface area contributed by atoms with Crippen molar-refractivity contribution < 1.29 is 14.7 Å². The number of aromatic nitrogens is 1. The van der Waals surface area contributed by atoms with Crippen molar-refractivity contribution in [1.29, 1.82) is 0 Å². The number of nitrogens with zero attached hydrogens (tertiary/aromatic N) is 1. The summed E-state index contributed by atoms with van der Waals surface area (Å²) in [6, 6.07) is 5.01. The fraction of sp³-hybridized carbons (Fsp3) is 0.312. The first-order chi connectivity index (χ1) is 11.4. The van der Waals surface area contributed by atoms with E-state index < -0.39 is 5.97 Å². The zero-order valence-corrected chi connectivity index (χ0v) is 14.8. The molecule has 1 aromatic carbocycles. The van der Waals surface area contributed by atoms with Crippen LogP contribution in [-0.4, -0.2) is 22.0 Å². The van der Waals surface area contributed by atoms with Gasteiger partial charge in [-0.05, 0) is 36.5 Å². The molecule has 0 spiro atoms. The number of nitrogens with one attached hydrogen (secondary N) is 1. The molecular weight excluding hydrogens is 371 g/mol. The second-order valence-corrected chi connectivity index (χ2v) is 7.64. The molecule has 2 aromatic rings. The second-order valence-electron chi connectivity index (χ2n) is 5.73. The Hall–Kier alpha value is -1.63. The Morgan fingerprint density at radius 3 is 2.75 bits per heavy atom. The molecule has 1 aromatic heterocycles. The summed E-state index contributed by atoms with van der Waals surface area (Å²) in [6.45, 7) is 0. The first-order valence-corrected chi connectivity index (χ1v) is 8.92. The lowest BCUT2D eigenvalue weighted by molar-refractivity contribution is -0.145. The molecule has 1 aliphatic carbocycles. The topological polar surface area (TPSA) is 79.3 Å². The van der Waals surface area contributed by atoms with Crippen molar-refractivity contribution in [3.8, 4) is 0 Å². The van der Waals surface area contributed by atoms with Gasteiger partial charge in [0.15, 0.2) is 5.13 Å². The zero-order valence-electron chi connectivity index (χ0n) is 12.5. The number of anilines is 1. The predicted molar refractivity (Wildman–Crippen MR) is 94.0 cm³/mol. The van der Waals surface area contributed by atoms with Gasteiger partial charge in [0.1, 0.15) is 0 Å². The minimum absolute atomic E-state index is 0.134. The molecule has 24 heavy (non-hydrogen) atoms. The van der Waals surface area contributed by atoms with E-state index in [0.717, 1.165) is 4.88 Å². The third-order valence-electron chi connectivity index (χ3n) is 4.03. The first kappa shape index (κ1) is 17.2. The number of carbonyl (C=O) groups is 2. The molecule has 1 amide bonds. The zero-order chi connectivity index (χ0) is 17.3. The van der Waals surface area contributed by atoms with Gasteiger partial charge in [-0.2, -0.15) is 0 Å². The van der Waals surface area contributed by atoms with Crippen LogP contribution in [0.4, 0.5) is 5.13 Å². The molecular formula is C16H14Cl2N2O3S. The molecule has 0 radical (unpaired) electrons. The van der Waals surface area contributed by atoms with Gasteiger partial charge < -0.3 is 10.4 Å². The van der Waals surface area contributed by atoms with Gasteiger partial charge in [0.25, 0.3) is 0 Å². The molecule has 126 valence electrons. The highest BCUT2D eigenvalue weighted by molar-refractivity contribution is 7.15. The number of thiazole rings is 1. The van der Waals surface area contributed by atoms with E-state index in [1.54, 1.807) is 24.4 Å². The molecule has 0 unspecified atom stereocenters. The van der Waals surface area contributed by atoms with Crippen molar-refractivity contribution >= 4 is 51.5 Å². The van der Waals surface area contributed by atoms with Gasteiger partial charge in [0.2, 0.25) is 5.91 Å². The largest absolute Gasteiger partial charge is 0.481 e. The summed E-state index contributed by atoms with van der Waals surface area (Å²) in [5, 5.41) is 13.1. The maximum atomic E-state index is 12.1. The molecule has 0 bridgehead atoms. The van der Waals surface area contributed by atoms with E-state index in [-0.39, 0.29) is 24.2 Å². The highest BCUT2D eigenvalue weighted by Crippen LogP contribution is 2.44. The van der Waals surface area contributed by atoms with Crippen LogP contribution in [0.3, 0.4) is 0 Å². The minimum atomic E-state index is -0.746. The molecule has 0 saturated heterocycles. The van der Waals surface area contributed by atoms with Gasteiger partial charge >= 0.3 is 5.97 Å². The van der Waals surface area contributed by atoms with Crippen LogP contribution in [0.1, 0.15) is 29.2 Å². The van der Waals surface area contributed by atoms with Crippen LogP contribution in [0.2, 0.25) is 10.0 Å². The maximum absolute atomic E-state index is 12.1. The van der Waals surface area contributed by atoms with E-state index in [4.69, 9.17) is 28.3 Å². The number of rotatable bonds is 5. The molecule has 2 N–H and O–H groups in total. The number of hydrogen-bond donors (Lipinski definition) is 2. The van der Waals surface area contributed by atoms with Crippen LogP contribution in [-0.2, 0) is 16.0 Å². The molecule has 1 fully saturated rings. The van der Waals surface area contributed by atoms with E-state index in [1.807, 2.05) is 0 Å². The van der Waals surface area contributed by atoms with Crippen LogP contribution in [0.25, 0.3) is 0 Å². The smallest absolute Gasteiger partial charge is 0.306 e. The summed E-state index contributed by atoms with van der Waals surface area (Å²) in [7, 11) is 0. The normalized spacial score (nSPS) is 19.6. The number of halogens is 2. The van der Waals surface area contributed by atoms with Gasteiger partial charge in [-0.1, -0.05) is 29.3 Å². The van der Waals surface area contributed by atoms with Crippen molar-refractivity contribution in [3.05, 3.63) is 44.9 Å². The quantitative estimate of drug-likeness (QED) is 0.808. The molecule has 1 saturated carbocycles. The number of hydrogen-bond acceptors (Lipinski definition) is 4. The van der Waals surface area contributed by atoms with Crippen molar-refractivity contribution in [2.45, 2.75) is 25.2 Å². The summed E-state index contributed by atoms with van der Waals surface area (Å²) in [4.78, 5) is 28.2. The average Bonchev–Trinajstić information content (AvgIpc) is 2.88. The number of carboxylic acids is 1. The molecule has 3 rings (SSSR count). The fourth-order valence-electron chi connectivity index (χ4n) is 2.59. The van der Waals surface area contributed by atoms with Crippen molar-refractivity contribution in [2.24, 2.45) is 5.92 Å². The molecule has 1 aliphatic rings. The number of carbonyl (C=O) groups excluding carboxylic acids is 1. The summed E-state index contributed by atoms with van der Waals surface area (Å²) in [5.74, 6) is -0.997. The SMILES string of the molecule is O=C(Cc1ccc(Cl)cc1Cl)Nc1ncc(C2CC(C(=O)O)C2)s1. The fourth-order valence-corrected chi connectivity index (χ4v) is 4.02. The molecule has 0 aliphatic heterocycles. The van der Waals surface area contributed by atoms with Gasteiger partial charge in [0, 0.05) is 21.1 Å². The van der Waals surface area contributed by atoms with Crippen molar-refractivity contribution in [2.75, 3.05) is 5.32 Å². The Labute approximate surface area is 152 Å². The predicted octanol–water partition coefficient (Wildman–Crippen LogP) is 4.21. The Kier molecular flexibility index (Phi) is 5.08. The van der Waals surface area contributed by atoms with Crippen LogP contribution < -0.4 is 5.32 Å². The van der Waals surface area contributed by atoms with Crippen LogP contribution in [0, 0.1) is 5.92 Å². The lowest BCUT2D eigenvalue weighted by atomic mass is 9.74. The van der Waals surface area contributed by atoms with Gasteiger partial charge in [-0.15, -0.1) is 11.3 Å². The molecule has 0 atom stereocenters. The Balaban J connectivity index is 1.57. The number of aliphatic carboxylic acids is 1. The molecule has 8 heteroatoms. The van der Waals surface area contributed by atoms with E-state index >= 15 is 0 Å². The lowest BCUT2D eigenvalue weighted by Crippen LogP contribution is -2.28. The van der Waals surface area contributed by atoms with E-state index in [2.05, 4.69) is 10.3 Å². The van der Waals surface area contributed by atoms with Gasteiger partial charge in [-0.25, -0.2) is 4.98 Å². The van der Waals surface area contributed by atoms with Crippen LogP contribution in [0.5, 0.6) is 0 Å². The third-order valence-corrected chi connectivity index (χ3v) is 5.69. The highest BCUT2D eigenvalue weighted by Gasteiger charge is 2.36. The maximum Gasteiger partial charge on any atom is 0.306 e. The number of benzene rings is 1. The summed E-state index contributed by atoms with van der Waals surface area (Å²) in [5.41, 5.74) is 0.693. The molecule has 1 heterocycles. The Morgan fingerprint density at radius 1 is 1.33 bits per heavy atom. The van der Waals surface area contributed by atoms with Crippen LogP contribution >= 0.6 is 34.5 Å². The van der Waals surface area contributed by atoms with E-state index in [1.165, 1.54) is 11.3 Å². The van der Waals surface area contributed by atoms with Gasteiger partial charge in [0.05, 0.1) is 12.3 Å². The third kappa shape index (κ3) is 3.88. The monoisotopic (exact) mass is 384 g/mol. The summed E-state index contributed by atoms with van der Waals surface area (Å²) in [6.07, 6.45) is 3.10. The Bertz CT molecular complexity index is 787. The summed E-state index contributed by atoms with van der Waals surface area (Å²) < 4.78 is 0. The van der Waals surface area contributed by atoms with Crippen molar-refractivity contribution in [1.82, 2.24) is 4.98 Å². The Morgan fingerprint density at radius 2 is 2.08 bits per heavy atom.